The SMILES string of the molecule is O=C(NCCCNC(=O)C(S(=O)O)S(=O)O)C(S(=O)O)S(=O)O. The van der Waals surface area contributed by atoms with Gasteiger partial charge in [-0.3, -0.25) is 9.59 Å². The van der Waals surface area contributed by atoms with E-state index in [-0.39, 0.29) is 19.5 Å². The molecule has 0 aliphatic rings. The molecule has 6 N–H and O–H groups in total. The van der Waals surface area contributed by atoms with Crippen LogP contribution in [0.25, 0.3) is 0 Å². The molecule has 0 saturated carbocycles. The first-order chi connectivity index (χ1) is 10.6. The molecule has 4 unspecified atom stereocenters. The molecule has 0 bridgehead atoms. The van der Waals surface area contributed by atoms with Crippen molar-refractivity contribution in [3.8, 4) is 0 Å². The predicted octanol–water partition coefficient (Wildman–Crippen LogP) is -2.85. The first-order valence-electron chi connectivity index (χ1n) is 5.53. The summed E-state index contributed by atoms with van der Waals surface area (Å²) in [6.07, 6.45) is 0.0448. The van der Waals surface area contributed by atoms with Gasteiger partial charge < -0.3 is 28.8 Å². The van der Waals surface area contributed by atoms with Crippen molar-refractivity contribution in [3.63, 3.8) is 0 Å². The number of rotatable bonds is 10. The molecular weight excluding hydrogens is 400 g/mol. The first kappa shape index (κ1) is 22.4. The van der Waals surface area contributed by atoms with Gasteiger partial charge in [0.2, 0.25) is 9.16 Å². The standard InChI is InChI=1S/C7H14N2O10S4/c10-4(6(20(12)13)21(14)15)8-2-1-3-9-5(11)7(22(16)17)23(18)19/h6-7H,1-3H2,(H,8,10)(H,9,11)(H,12,13)(H,14,15)(H,16,17)(H,18,19). The minimum atomic E-state index is -2.85. The van der Waals surface area contributed by atoms with Gasteiger partial charge in [-0.15, -0.1) is 0 Å². The Morgan fingerprint density at radius 3 is 1.17 bits per heavy atom. The molecule has 0 heterocycles. The normalized spacial score (nSPS) is 19.0. The number of hydrogen-bond donors (Lipinski definition) is 6. The Bertz CT molecular complexity index is 465. The van der Waals surface area contributed by atoms with Crippen LogP contribution in [0.2, 0.25) is 0 Å². The van der Waals surface area contributed by atoms with Gasteiger partial charge in [0.15, 0.2) is 44.3 Å². The average molecular weight is 414 g/mol. The first-order valence-corrected chi connectivity index (χ1v) is 10.2. The van der Waals surface area contributed by atoms with E-state index in [1.165, 1.54) is 0 Å². The van der Waals surface area contributed by atoms with Crippen molar-refractivity contribution in [3.05, 3.63) is 0 Å². The highest BCUT2D eigenvalue weighted by Crippen LogP contribution is 2.00. The summed E-state index contributed by atoms with van der Waals surface area (Å²) in [4.78, 5) is 22.7. The van der Waals surface area contributed by atoms with Crippen molar-refractivity contribution in [1.29, 1.82) is 0 Å². The molecule has 0 rings (SSSR count). The average Bonchev–Trinajstić information content (AvgIpc) is 2.36. The molecule has 0 fully saturated rings. The summed E-state index contributed by atoms with van der Waals surface area (Å²) >= 11 is -11.4. The molecule has 23 heavy (non-hydrogen) atoms. The second-order valence-electron chi connectivity index (χ2n) is 3.70. The Morgan fingerprint density at radius 1 is 0.696 bits per heavy atom. The van der Waals surface area contributed by atoms with Gasteiger partial charge in [-0.05, 0) is 6.42 Å². The number of carbonyl (C=O) groups is 2. The number of nitrogens with one attached hydrogen (secondary N) is 2. The van der Waals surface area contributed by atoms with E-state index in [4.69, 9.17) is 18.2 Å². The molecule has 0 radical (unpaired) electrons. The monoisotopic (exact) mass is 414 g/mol. The number of amides is 2. The van der Waals surface area contributed by atoms with Crippen molar-refractivity contribution in [2.75, 3.05) is 13.1 Å². The molecule has 0 saturated heterocycles. The molecule has 0 aromatic heterocycles. The van der Waals surface area contributed by atoms with Gasteiger partial charge in [0.25, 0.3) is 11.8 Å². The second kappa shape index (κ2) is 11.0. The minimum Gasteiger partial charge on any atom is -0.354 e. The topological polar surface area (TPSA) is 207 Å². The van der Waals surface area contributed by atoms with Gasteiger partial charge in [0, 0.05) is 13.1 Å². The Morgan fingerprint density at radius 2 is 0.957 bits per heavy atom. The van der Waals surface area contributed by atoms with Crippen LogP contribution in [0.15, 0.2) is 0 Å². The lowest BCUT2D eigenvalue weighted by Gasteiger charge is -2.11. The second-order valence-corrected chi connectivity index (χ2v) is 8.40. The van der Waals surface area contributed by atoms with Crippen LogP contribution in [0, 0.1) is 0 Å². The maximum Gasteiger partial charge on any atom is 0.253 e. The van der Waals surface area contributed by atoms with Gasteiger partial charge in [0.1, 0.15) is 0 Å². The van der Waals surface area contributed by atoms with Crippen molar-refractivity contribution in [2.45, 2.75) is 15.6 Å². The summed E-state index contributed by atoms with van der Waals surface area (Å²) in [5, 5.41) is 4.16. The highest BCUT2D eigenvalue weighted by Gasteiger charge is 2.31. The van der Waals surface area contributed by atoms with Crippen LogP contribution in [0.4, 0.5) is 0 Å². The van der Waals surface area contributed by atoms with E-state index in [2.05, 4.69) is 10.6 Å². The molecule has 136 valence electrons. The zero-order valence-corrected chi connectivity index (χ0v) is 14.4. The molecule has 0 aromatic rings. The van der Waals surface area contributed by atoms with Crippen molar-refractivity contribution >= 4 is 56.1 Å². The molecule has 2 amide bonds. The molecule has 4 atom stereocenters. The summed E-state index contributed by atoms with van der Waals surface area (Å²) in [5.74, 6) is -2.30. The van der Waals surface area contributed by atoms with Gasteiger partial charge >= 0.3 is 0 Å². The highest BCUT2D eigenvalue weighted by molar-refractivity contribution is 7.99. The van der Waals surface area contributed by atoms with Crippen LogP contribution >= 0.6 is 0 Å². The van der Waals surface area contributed by atoms with E-state index in [1.54, 1.807) is 0 Å². The van der Waals surface area contributed by atoms with Crippen LogP contribution in [0.5, 0.6) is 0 Å². The maximum atomic E-state index is 11.4. The molecular formula is C7H14N2O10S4. The lowest BCUT2D eigenvalue weighted by molar-refractivity contribution is -0.119. The Kier molecular flexibility index (Phi) is 10.7. The van der Waals surface area contributed by atoms with Crippen LogP contribution in [-0.2, 0) is 53.9 Å². The number of carbonyl (C=O) groups excluding carboxylic acids is 2. The quantitative estimate of drug-likeness (QED) is 0.159. The summed E-state index contributed by atoms with van der Waals surface area (Å²) in [7, 11) is 0. The summed E-state index contributed by atoms with van der Waals surface area (Å²) in [5.41, 5.74) is 0. The summed E-state index contributed by atoms with van der Waals surface area (Å²) < 4.78 is 73.5. The molecule has 16 heteroatoms. The van der Waals surface area contributed by atoms with Crippen LogP contribution < -0.4 is 10.6 Å². The lowest BCUT2D eigenvalue weighted by atomic mass is 10.4. The molecule has 12 nitrogen and oxygen atoms in total. The third-order valence-corrected chi connectivity index (χ3v) is 6.41. The molecule has 0 aromatic carbocycles. The van der Waals surface area contributed by atoms with E-state index < -0.39 is 65.3 Å². The van der Waals surface area contributed by atoms with Crippen molar-refractivity contribution in [1.82, 2.24) is 10.6 Å². The third-order valence-electron chi connectivity index (χ3n) is 2.11. The summed E-state index contributed by atoms with van der Waals surface area (Å²) in [6, 6.07) is 0. The fraction of sp³-hybridized carbons (Fsp3) is 0.714. The smallest absolute Gasteiger partial charge is 0.253 e. The summed E-state index contributed by atoms with van der Waals surface area (Å²) in [6.45, 7) is -0.307. The lowest BCUT2D eigenvalue weighted by Crippen LogP contribution is -2.42. The van der Waals surface area contributed by atoms with Gasteiger partial charge in [0.05, 0.1) is 0 Å². The molecule has 0 aliphatic heterocycles. The predicted molar refractivity (Wildman–Crippen MR) is 81.3 cm³/mol. The molecule has 0 aliphatic carbocycles. The minimum absolute atomic E-state index is 0.0448. The zero-order chi connectivity index (χ0) is 18.2. The van der Waals surface area contributed by atoms with E-state index >= 15 is 0 Å². The van der Waals surface area contributed by atoms with Crippen molar-refractivity contribution in [2.24, 2.45) is 0 Å². The fourth-order valence-electron chi connectivity index (χ4n) is 1.19. The van der Waals surface area contributed by atoms with Crippen LogP contribution in [0.1, 0.15) is 6.42 Å². The largest absolute Gasteiger partial charge is 0.354 e. The van der Waals surface area contributed by atoms with E-state index in [9.17, 15) is 26.4 Å². The van der Waals surface area contributed by atoms with Gasteiger partial charge in [-0.2, -0.15) is 0 Å². The molecule has 0 spiro atoms. The van der Waals surface area contributed by atoms with Gasteiger partial charge in [-0.1, -0.05) is 0 Å². The van der Waals surface area contributed by atoms with E-state index in [0.717, 1.165) is 0 Å². The fourth-order valence-corrected chi connectivity index (χ4v) is 3.38. The third kappa shape index (κ3) is 8.15. The van der Waals surface area contributed by atoms with Crippen LogP contribution in [0.3, 0.4) is 0 Å². The highest BCUT2D eigenvalue weighted by atomic mass is 32.3. The van der Waals surface area contributed by atoms with E-state index in [0.29, 0.717) is 0 Å². The Labute approximate surface area is 140 Å². The van der Waals surface area contributed by atoms with E-state index in [1.807, 2.05) is 0 Å². The number of hydrogen-bond acceptors (Lipinski definition) is 6. The van der Waals surface area contributed by atoms with Crippen molar-refractivity contribution < 1.29 is 44.6 Å². The Balaban J connectivity index is 4.23. The maximum absolute atomic E-state index is 11.4. The van der Waals surface area contributed by atoms with Gasteiger partial charge in [-0.25, -0.2) is 16.8 Å². The van der Waals surface area contributed by atoms with Crippen LogP contribution in [-0.4, -0.2) is 69.1 Å². The zero-order valence-electron chi connectivity index (χ0n) is 11.1. The Hall–Kier alpha value is -0.620.